The third-order valence-corrected chi connectivity index (χ3v) is 6.11. The van der Waals surface area contributed by atoms with Gasteiger partial charge in [0.15, 0.2) is 5.82 Å². The molecule has 2 heterocycles. The Hall–Kier alpha value is -2.48. The maximum atomic E-state index is 13.5. The van der Waals surface area contributed by atoms with Crippen LogP contribution in [0.25, 0.3) is 0 Å². The van der Waals surface area contributed by atoms with Gasteiger partial charge in [-0.05, 0) is 44.2 Å². The van der Waals surface area contributed by atoms with Gasteiger partial charge < -0.3 is 10.0 Å². The molecule has 2 aliphatic rings. The molecule has 2 aromatic rings. The van der Waals surface area contributed by atoms with E-state index in [0.29, 0.717) is 25.1 Å². The fourth-order valence-electron chi connectivity index (χ4n) is 4.23. The first kappa shape index (κ1) is 20.8. The molecular weight excluding hydrogens is 419 g/mol. The van der Waals surface area contributed by atoms with E-state index in [1.54, 1.807) is 10.8 Å². The highest BCUT2D eigenvalue weighted by molar-refractivity contribution is 6.31. The quantitative estimate of drug-likeness (QED) is 0.750. The molecule has 0 bridgehead atoms. The van der Waals surface area contributed by atoms with Gasteiger partial charge in [0.1, 0.15) is 0 Å². The minimum atomic E-state index is -4.50. The average Bonchev–Trinajstić information content (AvgIpc) is 3.07. The molecule has 1 N–H and O–H groups in total. The predicted octanol–water partition coefficient (Wildman–Crippen LogP) is 4.70. The van der Waals surface area contributed by atoms with E-state index in [9.17, 15) is 18.0 Å². The van der Waals surface area contributed by atoms with E-state index in [1.165, 1.54) is 12.1 Å². The second-order valence-corrected chi connectivity index (χ2v) is 8.02. The molecule has 1 aromatic heterocycles. The van der Waals surface area contributed by atoms with Gasteiger partial charge in [-0.2, -0.15) is 18.3 Å². The summed E-state index contributed by atoms with van der Waals surface area (Å²) in [6.07, 6.45) is 1.09. The van der Waals surface area contributed by atoms with Crippen LogP contribution in [0.5, 0.6) is 0 Å². The van der Waals surface area contributed by atoms with Crippen LogP contribution in [0.1, 0.15) is 41.6 Å². The summed E-state index contributed by atoms with van der Waals surface area (Å²) in [7, 11) is 0. The highest BCUT2D eigenvalue weighted by Gasteiger charge is 2.35. The van der Waals surface area contributed by atoms with Crippen molar-refractivity contribution in [2.45, 2.75) is 44.8 Å². The summed E-state index contributed by atoms with van der Waals surface area (Å²) in [5, 5.41) is 13.9. The third kappa shape index (κ3) is 3.93. The van der Waals surface area contributed by atoms with Crippen LogP contribution in [-0.4, -0.2) is 33.9 Å². The molecule has 30 heavy (non-hydrogen) atoms. The molecule has 0 spiro atoms. The minimum absolute atomic E-state index is 0.0146. The van der Waals surface area contributed by atoms with Crippen molar-refractivity contribution in [2.75, 3.05) is 18.0 Å². The number of hydrogen-bond acceptors (Lipinski definition) is 3. The minimum Gasteiger partial charge on any atom is -0.478 e. The van der Waals surface area contributed by atoms with Crippen molar-refractivity contribution < 1.29 is 23.1 Å². The number of aliphatic carboxylic acids is 1. The molecule has 0 radical (unpaired) electrons. The number of aromatic nitrogens is 2. The molecule has 0 saturated carbocycles. The van der Waals surface area contributed by atoms with Crippen molar-refractivity contribution in [3.8, 4) is 0 Å². The second-order valence-electron chi connectivity index (χ2n) is 7.61. The lowest BCUT2D eigenvalue weighted by Gasteiger charge is -2.26. The molecule has 1 aliphatic carbocycles. The molecular formula is C21H21ClF3N3O2. The Morgan fingerprint density at radius 2 is 1.97 bits per heavy atom. The summed E-state index contributed by atoms with van der Waals surface area (Å²) in [4.78, 5) is 13.2. The SMILES string of the molecule is O=C(O)C1=CCN(c2nn(Cc3c(Cl)cccc3C(F)(F)F)c3c2CCCC3)CC1. The van der Waals surface area contributed by atoms with E-state index in [2.05, 4.69) is 5.10 Å². The summed E-state index contributed by atoms with van der Waals surface area (Å²) in [6, 6.07) is 3.81. The van der Waals surface area contributed by atoms with Crippen LogP contribution in [0.15, 0.2) is 29.8 Å². The smallest absolute Gasteiger partial charge is 0.416 e. The van der Waals surface area contributed by atoms with E-state index in [1.807, 2.05) is 4.90 Å². The largest absolute Gasteiger partial charge is 0.478 e. The lowest BCUT2D eigenvalue weighted by atomic mass is 9.96. The topological polar surface area (TPSA) is 58.4 Å². The summed E-state index contributed by atoms with van der Waals surface area (Å²) in [6.45, 7) is 0.882. The first-order valence-electron chi connectivity index (χ1n) is 9.86. The van der Waals surface area contributed by atoms with E-state index >= 15 is 0 Å². The maximum Gasteiger partial charge on any atom is 0.416 e. The van der Waals surface area contributed by atoms with Crippen molar-refractivity contribution in [2.24, 2.45) is 0 Å². The Kier molecular flexibility index (Phi) is 5.53. The van der Waals surface area contributed by atoms with Gasteiger partial charge in [-0.3, -0.25) is 4.68 Å². The van der Waals surface area contributed by atoms with Crippen molar-refractivity contribution in [1.82, 2.24) is 9.78 Å². The van der Waals surface area contributed by atoms with Gasteiger partial charge in [0, 0.05) is 40.5 Å². The molecule has 5 nitrogen and oxygen atoms in total. The van der Waals surface area contributed by atoms with Crippen molar-refractivity contribution in [3.05, 3.63) is 57.3 Å². The zero-order valence-electron chi connectivity index (χ0n) is 16.2. The van der Waals surface area contributed by atoms with Gasteiger partial charge in [0.05, 0.1) is 12.1 Å². The molecule has 4 rings (SSSR count). The van der Waals surface area contributed by atoms with E-state index < -0.39 is 17.7 Å². The summed E-state index contributed by atoms with van der Waals surface area (Å²) >= 11 is 6.15. The number of carboxylic acid groups (broad SMARTS) is 1. The Balaban J connectivity index is 1.71. The average molecular weight is 440 g/mol. The van der Waals surface area contributed by atoms with Gasteiger partial charge >= 0.3 is 12.1 Å². The number of carbonyl (C=O) groups is 1. The highest BCUT2D eigenvalue weighted by Crippen LogP contribution is 2.37. The second kappa shape index (κ2) is 7.98. The fourth-order valence-corrected chi connectivity index (χ4v) is 4.46. The molecule has 0 saturated heterocycles. The Morgan fingerprint density at radius 1 is 1.20 bits per heavy atom. The molecule has 0 fully saturated rings. The van der Waals surface area contributed by atoms with Crippen LogP contribution >= 0.6 is 11.6 Å². The molecule has 0 atom stereocenters. The van der Waals surface area contributed by atoms with Crippen LogP contribution < -0.4 is 4.90 Å². The first-order chi connectivity index (χ1) is 14.3. The molecule has 1 aromatic carbocycles. The van der Waals surface area contributed by atoms with Crippen molar-refractivity contribution in [1.29, 1.82) is 0 Å². The monoisotopic (exact) mass is 439 g/mol. The van der Waals surface area contributed by atoms with Gasteiger partial charge in [-0.1, -0.05) is 23.7 Å². The summed E-state index contributed by atoms with van der Waals surface area (Å²) in [5.74, 6) is -0.174. The zero-order chi connectivity index (χ0) is 21.5. The van der Waals surface area contributed by atoms with E-state index in [0.717, 1.165) is 48.8 Å². The Labute approximate surface area is 176 Å². The van der Waals surface area contributed by atoms with Gasteiger partial charge in [-0.25, -0.2) is 4.79 Å². The molecule has 0 amide bonds. The van der Waals surface area contributed by atoms with Crippen LogP contribution in [-0.2, 0) is 30.4 Å². The van der Waals surface area contributed by atoms with Gasteiger partial charge in [0.25, 0.3) is 0 Å². The van der Waals surface area contributed by atoms with Crippen molar-refractivity contribution >= 4 is 23.4 Å². The lowest BCUT2D eigenvalue weighted by Crippen LogP contribution is -2.31. The number of nitrogens with zero attached hydrogens (tertiary/aromatic N) is 3. The zero-order valence-corrected chi connectivity index (χ0v) is 16.9. The fraction of sp³-hybridized carbons (Fsp3) is 0.429. The van der Waals surface area contributed by atoms with Crippen LogP contribution in [0.2, 0.25) is 5.02 Å². The van der Waals surface area contributed by atoms with Gasteiger partial charge in [0.2, 0.25) is 0 Å². The Morgan fingerprint density at radius 3 is 2.63 bits per heavy atom. The highest BCUT2D eigenvalue weighted by atomic mass is 35.5. The maximum absolute atomic E-state index is 13.5. The number of anilines is 1. The molecule has 160 valence electrons. The van der Waals surface area contributed by atoms with E-state index in [-0.39, 0.29) is 17.1 Å². The van der Waals surface area contributed by atoms with Crippen molar-refractivity contribution in [3.63, 3.8) is 0 Å². The summed E-state index contributed by atoms with van der Waals surface area (Å²) in [5.41, 5.74) is 1.64. The number of rotatable bonds is 4. The number of halogens is 4. The summed E-state index contributed by atoms with van der Waals surface area (Å²) < 4.78 is 42.2. The molecule has 9 heteroatoms. The van der Waals surface area contributed by atoms with E-state index in [4.69, 9.17) is 16.7 Å². The van der Waals surface area contributed by atoms with Crippen LogP contribution in [0, 0.1) is 0 Å². The number of fused-ring (bicyclic) bond motifs is 1. The number of benzene rings is 1. The molecule has 0 unspecified atom stereocenters. The number of alkyl halides is 3. The predicted molar refractivity (Wildman–Crippen MR) is 107 cm³/mol. The van der Waals surface area contributed by atoms with Gasteiger partial charge in [-0.15, -0.1) is 0 Å². The lowest BCUT2D eigenvalue weighted by molar-refractivity contribution is -0.138. The Bertz CT molecular complexity index is 1010. The number of carboxylic acids is 1. The van der Waals surface area contributed by atoms with Crippen LogP contribution in [0.4, 0.5) is 19.0 Å². The first-order valence-corrected chi connectivity index (χ1v) is 10.2. The standard InChI is InChI=1S/C21H21ClF3N3O2/c22-17-6-3-5-16(21(23,24)25)15(17)12-28-18-7-2-1-4-14(18)19(26-28)27-10-8-13(9-11-27)20(29)30/h3,5-6,8H,1-2,4,7,9-12H2,(H,29,30). The normalized spacial score (nSPS) is 16.9. The molecule has 1 aliphatic heterocycles. The van der Waals surface area contributed by atoms with Crippen LogP contribution in [0.3, 0.4) is 0 Å². The number of hydrogen-bond donors (Lipinski definition) is 1. The third-order valence-electron chi connectivity index (χ3n) is 5.75.